The van der Waals surface area contributed by atoms with Gasteiger partial charge in [0.25, 0.3) is 0 Å². The molecule has 7 heteroatoms. The molecule has 4 rings (SSSR count). The molecule has 26 heavy (non-hydrogen) atoms. The minimum atomic E-state index is 0.261. The van der Waals surface area contributed by atoms with Crippen molar-refractivity contribution in [3.05, 3.63) is 60.4 Å². The summed E-state index contributed by atoms with van der Waals surface area (Å²) in [5.41, 5.74) is 0.946. The zero-order chi connectivity index (χ0) is 17.8. The van der Waals surface area contributed by atoms with E-state index in [-0.39, 0.29) is 5.92 Å². The van der Waals surface area contributed by atoms with Crippen molar-refractivity contribution in [3.8, 4) is 0 Å². The van der Waals surface area contributed by atoms with E-state index >= 15 is 0 Å². The molecule has 1 fully saturated rings. The molecule has 0 spiro atoms. The molecule has 7 nitrogen and oxygen atoms in total. The van der Waals surface area contributed by atoms with Crippen LogP contribution in [0.1, 0.15) is 30.3 Å². The lowest BCUT2D eigenvalue weighted by Gasteiger charge is -2.32. The Hall–Kier alpha value is -3.09. The van der Waals surface area contributed by atoms with Crippen LogP contribution in [0.4, 0.5) is 17.6 Å². The zero-order valence-corrected chi connectivity index (χ0v) is 14.7. The van der Waals surface area contributed by atoms with Gasteiger partial charge in [-0.15, -0.1) is 0 Å². The average molecular weight is 347 g/mol. The summed E-state index contributed by atoms with van der Waals surface area (Å²) in [6.07, 6.45) is 7.46. The van der Waals surface area contributed by atoms with E-state index in [1.807, 2.05) is 37.3 Å². The summed E-state index contributed by atoms with van der Waals surface area (Å²) >= 11 is 0. The largest absolute Gasteiger partial charge is 0.340 e. The Morgan fingerprint density at radius 2 is 1.85 bits per heavy atom. The Bertz CT molecular complexity index is 854. The maximum absolute atomic E-state index is 4.75. The lowest BCUT2D eigenvalue weighted by Crippen LogP contribution is -2.36. The topological polar surface area (TPSA) is 79.7 Å². The second-order valence-electron chi connectivity index (χ2n) is 6.43. The smallest absolute Gasteiger partial charge is 0.225 e. The fraction of sp³-hybridized carbons (Fsp3) is 0.316. The fourth-order valence-electron chi connectivity index (χ4n) is 3.23. The van der Waals surface area contributed by atoms with Crippen molar-refractivity contribution in [3.63, 3.8) is 0 Å². The first-order valence-electron chi connectivity index (χ1n) is 8.83. The van der Waals surface area contributed by atoms with Crippen LogP contribution in [0.2, 0.25) is 0 Å². The van der Waals surface area contributed by atoms with Crippen LogP contribution in [0.15, 0.2) is 48.9 Å². The third kappa shape index (κ3) is 3.77. The molecule has 1 aliphatic heterocycles. The minimum absolute atomic E-state index is 0.261. The molecule has 3 aromatic heterocycles. The van der Waals surface area contributed by atoms with E-state index in [9.17, 15) is 0 Å². The summed E-state index contributed by atoms with van der Waals surface area (Å²) in [5, 5.41) is 3.27. The number of nitrogens with zero attached hydrogens (tertiary/aromatic N) is 6. The van der Waals surface area contributed by atoms with Crippen molar-refractivity contribution < 1.29 is 0 Å². The number of aryl methyl sites for hydroxylation is 1. The highest BCUT2D eigenvalue weighted by atomic mass is 15.3. The van der Waals surface area contributed by atoms with Crippen molar-refractivity contribution in [1.29, 1.82) is 0 Å². The fourth-order valence-corrected chi connectivity index (χ4v) is 3.23. The number of anilines is 3. The molecule has 1 N–H and O–H groups in total. The Balaban J connectivity index is 1.55. The molecule has 1 atom stereocenters. The van der Waals surface area contributed by atoms with Gasteiger partial charge in [0.2, 0.25) is 5.95 Å². The summed E-state index contributed by atoms with van der Waals surface area (Å²) in [4.78, 5) is 24.7. The second-order valence-corrected chi connectivity index (χ2v) is 6.43. The highest BCUT2D eigenvalue weighted by molar-refractivity contribution is 5.51. The van der Waals surface area contributed by atoms with E-state index in [0.717, 1.165) is 55.0 Å². The van der Waals surface area contributed by atoms with E-state index in [2.05, 4.69) is 30.2 Å². The molecule has 132 valence electrons. The lowest BCUT2D eigenvalue weighted by atomic mass is 9.97. The van der Waals surface area contributed by atoms with E-state index < -0.39 is 0 Å². The standard InChI is InChI=1S/C19H21N7/c1-14-12-17(24-16-7-2-3-8-20-16)25-18(23-14)15-6-4-11-26(13-15)19-21-9-5-10-22-19/h2-3,5,7-10,12,15H,4,6,11,13H2,1H3,(H,20,23,24,25). The maximum Gasteiger partial charge on any atom is 0.225 e. The van der Waals surface area contributed by atoms with E-state index in [1.165, 1.54) is 0 Å². The summed E-state index contributed by atoms with van der Waals surface area (Å²) < 4.78 is 0. The normalized spacial score (nSPS) is 17.1. The summed E-state index contributed by atoms with van der Waals surface area (Å²) in [6, 6.07) is 9.54. The van der Waals surface area contributed by atoms with Gasteiger partial charge >= 0.3 is 0 Å². The van der Waals surface area contributed by atoms with Gasteiger partial charge in [0.1, 0.15) is 17.5 Å². The molecule has 0 amide bonds. The molecular weight excluding hydrogens is 326 g/mol. The first-order chi connectivity index (χ1) is 12.8. The summed E-state index contributed by atoms with van der Waals surface area (Å²) in [6.45, 7) is 3.79. The highest BCUT2D eigenvalue weighted by Gasteiger charge is 2.25. The Morgan fingerprint density at radius 3 is 2.65 bits per heavy atom. The van der Waals surface area contributed by atoms with Crippen LogP contribution in [0.3, 0.4) is 0 Å². The van der Waals surface area contributed by atoms with Gasteiger partial charge in [-0.05, 0) is 38.0 Å². The Kier molecular flexibility index (Phi) is 4.68. The van der Waals surface area contributed by atoms with Crippen LogP contribution in [0, 0.1) is 6.92 Å². The Labute approximate surface area is 152 Å². The first kappa shape index (κ1) is 16.4. The van der Waals surface area contributed by atoms with E-state index in [0.29, 0.717) is 0 Å². The van der Waals surface area contributed by atoms with Crippen molar-refractivity contribution >= 4 is 17.6 Å². The number of hydrogen-bond donors (Lipinski definition) is 1. The second kappa shape index (κ2) is 7.43. The van der Waals surface area contributed by atoms with Crippen LogP contribution < -0.4 is 10.2 Å². The molecule has 0 aromatic carbocycles. The summed E-state index contributed by atoms with van der Waals surface area (Å²) in [5.74, 6) is 3.45. The molecule has 4 heterocycles. The monoisotopic (exact) mass is 347 g/mol. The van der Waals surface area contributed by atoms with Gasteiger partial charge in [-0.2, -0.15) is 0 Å². The zero-order valence-electron chi connectivity index (χ0n) is 14.7. The van der Waals surface area contributed by atoms with Crippen molar-refractivity contribution in [2.24, 2.45) is 0 Å². The van der Waals surface area contributed by atoms with Gasteiger partial charge < -0.3 is 10.2 Å². The third-order valence-corrected chi connectivity index (χ3v) is 4.41. The van der Waals surface area contributed by atoms with Gasteiger partial charge in [-0.25, -0.2) is 24.9 Å². The van der Waals surface area contributed by atoms with E-state index in [4.69, 9.17) is 4.98 Å². The van der Waals surface area contributed by atoms with Crippen LogP contribution in [0.5, 0.6) is 0 Å². The molecule has 0 radical (unpaired) electrons. The van der Waals surface area contributed by atoms with Gasteiger partial charge in [0, 0.05) is 49.4 Å². The molecule has 0 saturated carbocycles. The molecule has 3 aromatic rings. The lowest BCUT2D eigenvalue weighted by molar-refractivity contribution is 0.485. The number of nitrogens with one attached hydrogen (secondary N) is 1. The molecule has 1 unspecified atom stereocenters. The average Bonchev–Trinajstić information content (AvgIpc) is 2.69. The van der Waals surface area contributed by atoms with Gasteiger partial charge in [-0.1, -0.05) is 6.07 Å². The van der Waals surface area contributed by atoms with Crippen LogP contribution >= 0.6 is 0 Å². The van der Waals surface area contributed by atoms with Crippen LogP contribution in [-0.2, 0) is 0 Å². The number of rotatable bonds is 4. The predicted molar refractivity (Wildman–Crippen MR) is 101 cm³/mol. The van der Waals surface area contributed by atoms with Gasteiger partial charge in [0.15, 0.2) is 0 Å². The molecular formula is C19H21N7. The van der Waals surface area contributed by atoms with Crippen molar-refractivity contribution in [1.82, 2.24) is 24.9 Å². The van der Waals surface area contributed by atoms with Gasteiger partial charge in [-0.3, -0.25) is 0 Å². The number of hydrogen-bond acceptors (Lipinski definition) is 7. The maximum atomic E-state index is 4.75. The van der Waals surface area contributed by atoms with Gasteiger partial charge in [0.05, 0.1) is 0 Å². The SMILES string of the molecule is Cc1cc(Nc2ccccn2)nc(C2CCCN(c3ncccn3)C2)n1. The molecule has 1 aliphatic rings. The molecule has 0 aliphatic carbocycles. The predicted octanol–water partition coefficient (Wildman–Crippen LogP) is 3.10. The third-order valence-electron chi connectivity index (χ3n) is 4.41. The molecule has 0 bridgehead atoms. The van der Waals surface area contributed by atoms with Crippen molar-refractivity contribution in [2.45, 2.75) is 25.7 Å². The van der Waals surface area contributed by atoms with Crippen molar-refractivity contribution in [2.75, 3.05) is 23.3 Å². The first-order valence-corrected chi connectivity index (χ1v) is 8.83. The van der Waals surface area contributed by atoms with Crippen LogP contribution in [0.25, 0.3) is 0 Å². The molecule has 1 saturated heterocycles. The summed E-state index contributed by atoms with van der Waals surface area (Å²) in [7, 11) is 0. The highest BCUT2D eigenvalue weighted by Crippen LogP contribution is 2.27. The van der Waals surface area contributed by atoms with E-state index in [1.54, 1.807) is 18.6 Å². The number of piperidine rings is 1. The van der Waals surface area contributed by atoms with Crippen LogP contribution in [-0.4, -0.2) is 38.0 Å². The minimum Gasteiger partial charge on any atom is -0.340 e. The quantitative estimate of drug-likeness (QED) is 0.777. The Morgan fingerprint density at radius 1 is 1.00 bits per heavy atom. The number of pyridine rings is 1. The number of aromatic nitrogens is 5.